The summed E-state index contributed by atoms with van der Waals surface area (Å²) in [6.45, 7) is 0.102. The molecule has 0 spiro atoms. The van der Waals surface area contributed by atoms with E-state index >= 15 is 0 Å². The molecule has 1 fully saturated rings. The molecule has 2 aromatic rings. The number of nitrogens with zero attached hydrogens (tertiary/aromatic N) is 3. The van der Waals surface area contributed by atoms with Crippen LogP contribution in [0.15, 0.2) is 35.5 Å². The van der Waals surface area contributed by atoms with E-state index in [1.165, 1.54) is 17.8 Å². The van der Waals surface area contributed by atoms with E-state index in [0.29, 0.717) is 17.1 Å². The highest BCUT2D eigenvalue weighted by Gasteiger charge is 2.38. The number of fused-ring (bicyclic) bond motifs is 3. The minimum atomic E-state index is -5.08. The summed E-state index contributed by atoms with van der Waals surface area (Å²) < 4.78 is 60.3. The van der Waals surface area contributed by atoms with Gasteiger partial charge in [0.2, 0.25) is 10.0 Å². The van der Waals surface area contributed by atoms with Gasteiger partial charge in [0.1, 0.15) is 11.2 Å². The van der Waals surface area contributed by atoms with Crippen LogP contribution in [0.2, 0.25) is 0 Å². The third kappa shape index (κ3) is 5.36. The fourth-order valence-corrected chi connectivity index (χ4v) is 5.07. The Labute approximate surface area is 188 Å². The average Bonchev–Trinajstić information content (AvgIpc) is 3.14. The van der Waals surface area contributed by atoms with Crippen molar-refractivity contribution in [3.63, 3.8) is 0 Å². The first kappa shape index (κ1) is 24.7. The number of carbonyl (C=O) groups excluding carboxylic acids is 1. The Kier molecular flexibility index (Phi) is 7.12. The Bertz CT molecular complexity index is 1140. The summed E-state index contributed by atoms with van der Waals surface area (Å²) in [5, 5.41) is 10.2. The fourth-order valence-electron chi connectivity index (χ4n) is 3.76. The van der Waals surface area contributed by atoms with Gasteiger partial charge in [-0.3, -0.25) is 9.36 Å². The Morgan fingerprint density at radius 2 is 1.76 bits per heavy atom. The van der Waals surface area contributed by atoms with E-state index in [1.54, 1.807) is 35.2 Å². The number of hydrogen-bond acceptors (Lipinski definition) is 5. The number of para-hydroxylation sites is 1. The number of hydrogen-bond donors (Lipinski definition) is 2. The summed E-state index contributed by atoms with van der Waals surface area (Å²) in [7, 11) is -2.09. The number of carbonyl (C=O) groups is 2. The lowest BCUT2D eigenvalue weighted by atomic mass is 9.95. The van der Waals surface area contributed by atoms with E-state index in [0.717, 1.165) is 25.7 Å². The zero-order valence-electron chi connectivity index (χ0n) is 17.7. The van der Waals surface area contributed by atoms with Crippen molar-refractivity contribution < 1.29 is 36.3 Å². The number of sulfonamides is 1. The Hall–Kier alpha value is -2.93. The van der Waals surface area contributed by atoms with Crippen LogP contribution in [-0.4, -0.2) is 58.5 Å². The summed E-state index contributed by atoms with van der Waals surface area (Å²) >= 11 is 0. The van der Waals surface area contributed by atoms with Gasteiger partial charge in [-0.25, -0.2) is 18.2 Å². The van der Waals surface area contributed by atoms with E-state index in [2.05, 4.69) is 10.3 Å². The van der Waals surface area contributed by atoms with E-state index in [9.17, 15) is 26.4 Å². The molecule has 2 heterocycles. The second-order valence-corrected chi connectivity index (χ2v) is 9.76. The second kappa shape index (κ2) is 9.51. The molecule has 0 saturated heterocycles. The van der Waals surface area contributed by atoms with E-state index in [4.69, 9.17) is 9.90 Å². The molecule has 4 rings (SSSR count). The van der Waals surface area contributed by atoms with Crippen LogP contribution in [0.5, 0.6) is 0 Å². The zero-order valence-corrected chi connectivity index (χ0v) is 18.5. The third-order valence-corrected chi connectivity index (χ3v) is 7.30. The molecule has 0 unspecified atom stereocenters. The normalized spacial score (nSPS) is 18.2. The molecular formula is C20H23F3N4O5S. The highest BCUT2D eigenvalue weighted by molar-refractivity contribution is 7.89. The molecule has 1 amide bonds. The maximum atomic E-state index is 12.8. The van der Waals surface area contributed by atoms with Crippen LogP contribution in [0, 0.1) is 0 Å². The standard InChI is InChI=1S/C18H22N4O3S.C2HF3O2/c1-21-11-15-17(18(23)20-13-7-3-2-4-8-13)19-12-22(15)14-9-5-6-10-16(14)26(21,24)25;3-2(4,5)1(6)7/h5-6,9-10,12-13H,2-4,7-8,11H2,1H3,(H,20,23);(H,6,7). The van der Waals surface area contributed by atoms with Gasteiger partial charge in [0.15, 0.2) is 5.69 Å². The number of carboxylic acid groups (broad SMARTS) is 1. The summed E-state index contributed by atoms with van der Waals surface area (Å²) in [6, 6.07) is 6.97. The Morgan fingerprint density at radius 3 is 2.36 bits per heavy atom. The van der Waals surface area contributed by atoms with Gasteiger partial charge in [0, 0.05) is 13.1 Å². The van der Waals surface area contributed by atoms with Crippen molar-refractivity contribution in [2.24, 2.45) is 0 Å². The van der Waals surface area contributed by atoms with E-state index in [1.807, 2.05) is 0 Å². The molecule has 1 saturated carbocycles. The van der Waals surface area contributed by atoms with Gasteiger partial charge >= 0.3 is 12.1 Å². The average molecular weight is 488 g/mol. The minimum absolute atomic E-state index is 0.102. The van der Waals surface area contributed by atoms with Gasteiger partial charge in [0.05, 0.1) is 17.9 Å². The first-order chi connectivity index (χ1) is 15.4. The Morgan fingerprint density at radius 1 is 1.15 bits per heavy atom. The maximum Gasteiger partial charge on any atom is 0.490 e. The molecule has 0 atom stereocenters. The summed E-state index contributed by atoms with van der Waals surface area (Å²) in [5.74, 6) is -2.98. The van der Waals surface area contributed by atoms with Crippen molar-refractivity contribution in [1.29, 1.82) is 0 Å². The molecule has 0 radical (unpaired) electrons. The summed E-state index contributed by atoms with van der Waals surface area (Å²) in [6.07, 6.45) is 1.89. The predicted molar refractivity (Wildman–Crippen MR) is 110 cm³/mol. The molecule has 2 aliphatic rings. The lowest BCUT2D eigenvalue weighted by molar-refractivity contribution is -0.192. The predicted octanol–water partition coefficient (Wildman–Crippen LogP) is 2.70. The summed E-state index contributed by atoms with van der Waals surface area (Å²) in [4.78, 5) is 26.2. The number of aliphatic carboxylic acids is 1. The quantitative estimate of drug-likeness (QED) is 0.671. The number of aromatic nitrogens is 2. The highest BCUT2D eigenvalue weighted by atomic mass is 32.2. The number of nitrogens with one attached hydrogen (secondary N) is 1. The molecule has 2 N–H and O–H groups in total. The second-order valence-electron chi connectivity index (χ2n) is 7.75. The molecule has 1 aliphatic heterocycles. The maximum absolute atomic E-state index is 12.8. The number of carboxylic acids is 1. The SMILES string of the molecule is CN1Cc2c(C(=O)NC3CCCCC3)ncn2-c2ccccc2S1(=O)=O.O=C(O)C(F)(F)F. The van der Waals surface area contributed by atoms with Gasteiger partial charge < -0.3 is 10.4 Å². The van der Waals surface area contributed by atoms with Crippen molar-refractivity contribution in [2.45, 2.75) is 55.8 Å². The van der Waals surface area contributed by atoms with Crippen LogP contribution in [0.4, 0.5) is 13.2 Å². The van der Waals surface area contributed by atoms with Gasteiger partial charge in [-0.2, -0.15) is 17.5 Å². The van der Waals surface area contributed by atoms with Crippen molar-refractivity contribution in [1.82, 2.24) is 19.2 Å². The molecule has 13 heteroatoms. The molecular weight excluding hydrogens is 465 g/mol. The van der Waals surface area contributed by atoms with E-state index < -0.39 is 22.2 Å². The number of alkyl halides is 3. The van der Waals surface area contributed by atoms with Crippen molar-refractivity contribution in [3.05, 3.63) is 42.0 Å². The molecule has 1 aliphatic carbocycles. The van der Waals surface area contributed by atoms with Crippen LogP contribution in [0.25, 0.3) is 5.69 Å². The fraction of sp³-hybridized carbons (Fsp3) is 0.450. The molecule has 0 bridgehead atoms. The van der Waals surface area contributed by atoms with Crippen LogP contribution in [0.1, 0.15) is 48.3 Å². The molecule has 1 aromatic carbocycles. The topological polar surface area (TPSA) is 122 Å². The van der Waals surface area contributed by atoms with Gasteiger partial charge in [0.25, 0.3) is 5.91 Å². The number of benzene rings is 1. The number of imidazole rings is 1. The van der Waals surface area contributed by atoms with Crippen LogP contribution in [0.3, 0.4) is 0 Å². The smallest absolute Gasteiger partial charge is 0.475 e. The zero-order chi connectivity index (χ0) is 24.4. The first-order valence-corrected chi connectivity index (χ1v) is 11.6. The monoisotopic (exact) mass is 488 g/mol. The van der Waals surface area contributed by atoms with Gasteiger partial charge in [-0.05, 0) is 25.0 Å². The summed E-state index contributed by atoms with van der Waals surface area (Å²) in [5.41, 5.74) is 1.42. The van der Waals surface area contributed by atoms with Crippen molar-refractivity contribution in [3.8, 4) is 5.69 Å². The molecule has 1 aromatic heterocycles. The Balaban J connectivity index is 0.000000383. The van der Waals surface area contributed by atoms with Crippen LogP contribution < -0.4 is 5.32 Å². The molecule has 33 heavy (non-hydrogen) atoms. The number of amides is 1. The van der Waals surface area contributed by atoms with Crippen LogP contribution in [-0.2, 0) is 21.4 Å². The first-order valence-electron chi connectivity index (χ1n) is 10.2. The van der Waals surface area contributed by atoms with Crippen molar-refractivity contribution >= 4 is 21.9 Å². The van der Waals surface area contributed by atoms with Crippen LogP contribution >= 0.6 is 0 Å². The van der Waals surface area contributed by atoms with Gasteiger partial charge in [-0.1, -0.05) is 31.4 Å². The van der Waals surface area contributed by atoms with E-state index in [-0.39, 0.29) is 23.4 Å². The lowest BCUT2D eigenvalue weighted by Gasteiger charge is -2.22. The van der Waals surface area contributed by atoms with Crippen molar-refractivity contribution in [2.75, 3.05) is 7.05 Å². The minimum Gasteiger partial charge on any atom is -0.475 e. The number of halogens is 3. The third-order valence-electron chi connectivity index (χ3n) is 5.45. The largest absolute Gasteiger partial charge is 0.490 e. The lowest BCUT2D eigenvalue weighted by Crippen LogP contribution is -2.37. The molecule has 9 nitrogen and oxygen atoms in total. The number of rotatable bonds is 2. The highest BCUT2D eigenvalue weighted by Crippen LogP contribution is 2.30. The molecule has 180 valence electrons. The van der Waals surface area contributed by atoms with Gasteiger partial charge in [-0.15, -0.1) is 0 Å².